The third-order valence-corrected chi connectivity index (χ3v) is 3.30. The lowest BCUT2D eigenvalue weighted by Gasteiger charge is -2.22. The Morgan fingerprint density at radius 3 is 2.92 bits per heavy atom. The predicted octanol–water partition coefficient (Wildman–Crippen LogP) is 1.01. The zero-order chi connectivity index (χ0) is 9.14. The van der Waals surface area contributed by atoms with Crippen LogP contribution in [0.25, 0.3) is 0 Å². The number of rotatable bonds is 1. The fourth-order valence-corrected chi connectivity index (χ4v) is 2.34. The van der Waals surface area contributed by atoms with Crippen molar-refractivity contribution < 1.29 is 14.3 Å². The maximum atomic E-state index is 11.2. The summed E-state index contributed by atoms with van der Waals surface area (Å²) >= 11 is 1.40. The molecule has 1 aliphatic heterocycles. The number of hydrogen-bond donors (Lipinski definition) is 0. The number of carbonyl (C=O) groups is 2. The molecule has 1 fully saturated rings. The van der Waals surface area contributed by atoms with Gasteiger partial charge in [-0.1, -0.05) is 6.92 Å². The first kappa shape index (κ1) is 9.58. The largest absolute Gasteiger partial charge is 0.468 e. The van der Waals surface area contributed by atoms with Gasteiger partial charge in [0.25, 0.3) is 0 Å². The Bertz CT molecular complexity index is 194. The Hall–Kier alpha value is -0.510. The molecular weight excluding hydrogens is 176 g/mol. The molecule has 0 aromatic carbocycles. The third kappa shape index (κ3) is 2.00. The molecule has 0 N–H and O–H groups in total. The van der Waals surface area contributed by atoms with Gasteiger partial charge in [0, 0.05) is 11.7 Å². The molecule has 68 valence electrons. The summed E-state index contributed by atoms with van der Waals surface area (Å²) in [6.07, 6.45) is 1.38. The summed E-state index contributed by atoms with van der Waals surface area (Å²) in [5.41, 5.74) is 0. The number of esters is 1. The van der Waals surface area contributed by atoms with E-state index in [0.717, 1.165) is 6.42 Å². The zero-order valence-electron chi connectivity index (χ0n) is 7.20. The van der Waals surface area contributed by atoms with Crippen LogP contribution in [0.15, 0.2) is 0 Å². The number of Topliss-reactive ketones (excluding diaryl/α,β-unsaturated/α-hetero) is 1. The Morgan fingerprint density at radius 1 is 1.67 bits per heavy atom. The first-order valence-electron chi connectivity index (χ1n) is 3.91. The van der Waals surface area contributed by atoms with E-state index in [2.05, 4.69) is 4.74 Å². The van der Waals surface area contributed by atoms with Crippen LogP contribution in [0.1, 0.15) is 19.8 Å². The standard InChI is InChI=1S/C8H12O3S/c1-5-3-4-6(9)7(12-5)8(10)11-2/h5,7H,3-4H2,1-2H3. The molecule has 0 saturated carbocycles. The van der Waals surface area contributed by atoms with Crippen LogP contribution in [0.4, 0.5) is 0 Å². The van der Waals surface area contributed by atoms with Crippen LogP contribution in [-0.4, -0.2) is 29.4 Å². The smallest absolute Gasteiger partial charge is 0.326 e. The molecule has 0 aromatic rings. The minimum absolute atomic E-state index is 0.00458. The van der Waals surface area contributed by atoms with Crippen molar-refractivity contribution in [3.05, 3.63) is 0 Å². The Labute approximate surface area is 75.8 Å². The van der Waals surface area contributed by atoms with Crippen LogP contribution in [0.3, 0.4) is 0 Å². The SMILES string of the molecule is COC(=O)C1SC(C)CCC1=O. The van der Waals surface area contributed by atoms with Gasteiger partial charge in [-0.3, -0.25) is 9.59 Å². The van der Waals surface area contributed by atoms with E-state index in [0.29, 0.717) is 11.7 Å². The van der Waals surface area contributed by atoms with Crippen molar-refractivity contribution in [1.82, 2.24) is 0 Å². The predicted molar refractivity (Wildman–Crippen MR) is 47.1 cm³/mol. The number of carbonyl (C=O) groups excluding carboxylic acids is 2. The highest BCUT2D eigenvalue weighted by Crippen LogP contribution is 2.29. The van der Waals surface area contributed by atoms with Gasteiger partial charge in [-0.2, -0.15) is 0 Å². The Kier molecular flexibility index (Phi) is 3.14. The monoisotopic (exact) mass is 188 g/mol. The van der Waals surface area contributed by atoms with Crippen molar-refractivity contribution in [2.24, 2.45) is 0 Å². The van der Waals surface area contributed by atoms with Crippen LogP contribution in [0, 0.1) is 0 Å². The minimum Gasteiger partial charge on any atom is -0.468 e. The second-order valence-corrected chi connectivity index (χ2v) is 4.40. The summed E-state index contributed by atoms with van der Waals surface area (Å²) in [5.74, 6) is -0.401. The average molecular weight is 188 g/mol. The fraction of sp³-hybridized carbons (Fsp3) is 0.750. The van der Waals surface area contributed by atoms with Crippen LogP contribution in [0.2, 0.25) is 0 Å². The van der Waals surface area contributed by atoms with Gasteiger partial charge in [0.2, 0.25) is 0 Å². The lowest BCUT2D eigenvalue weighted by molar-refractivity contribution is -0.142. The van der Waals surface area contributed by atoms with Gasteiger partial charge in [0.1, 0.15) is 0 Å². The summed E-state index contributed by atoms with van der Waals surface area (Å²) < 4.78 is 4.53. The van der Waals surface area contributed by atoms with E-state index < -0.39 is 11.2 Å². The molecule has 2 unspecified atom stereocenters. The number of ether oxygens (including phenoxy) is 1. The summed E-state index contributed by atoms with van der Waals surface area (Å²) in [6.45, 7) is 2.02. The van der Waals surface area contributed by atoms with Crippen molar-refractivity contribution >= 4 is 23.5 Å². The highest BCUT2D eigenvalue weighted by molar-refractivity contribution is 8.02. The molecular formula is C8H12O3S. The van der Waals surface area contributed by atoms with Gasteiger partial charge in [-0.15, -0.1) is 11.8 Å². The van der Waals surface area contributed by atoms with E-state index in [-0.39, 0.29) is 5.78 Å². The fourth-order valence-electron chi connectivity index (χ4n) is 1.15. The molecule has 0 aliphatic carbocycles. The van der Waals surface area contributed by atoms with Crippen LogP contribution < -0.4 is 0 Å². The van der Waals surface area contributed by atoms with E-state index in [4.69, 9.17) is 0 Å². The molecule has 0 spiro atoms. The highest BCUT2D eigenvalue weighted by Gasteiger charge is 2.33. The molecule has 1 heterocycles. The maximum Gasteiger partial charge on any atom is 0.326 e. The highest BCUT2D eigenvalue weighted by atomic mass is 32.2. The van der Waals surface area contributed by atoms with Crippen molar-refractivity contribution in [2.75, 3.05) is 7.11 Å². The first-order valence-corrected chi connectivity index (χ1v) is 4.85. The second kappa shape index (κ2) is 3.94. The second-order valence-electron chi connectivity index (χ2n) is 2.85. The first-order chi connectivity index (χ1) is 5.65. The normalized spacial score (nSPS) is 30.0. The molecule has 1 saturated heterocycles. The van der Waals surface area contributed by atoms with Gasteiger partial charge in [-0.25, -0.2) is 0 Å². The van der Waals surface area contributed by atoms with E-state index >= 15 is 0 Å². The Morgan fingerprint density at radius 2 is 2.33 bits per heavy atom. The number of methoxy groups -OCH3 is 1. The molecule has 4 heteroatoms. The molecule has 12 heavy (non-hydrogen) atoms. The number of ketones is 1. The summed E-state index contributed by atoms with van der Waals surface area (Å²) in [6, 6.07) is 0. The van der Waals surface area contributed by atoms with Crippen molar-refractivity contribution in [1.29, 1.82) is 0 Å². The quantitative estimate of drug-likeness (QED) is 0.455. The maximum absolute atomic E-state index is 11.2. The zero-order valence-corrected chi connectivity index (χ0v) is 8.02. The number of hydrogen-bond acceptors (Lipinski definition) is 4. The van der Waals surface area contributed by atoms with Gasteiger partial charge in [-0.05, 0) is 6.42 Å². The molecule has 0 aromatic heterocycles. The minimum atomic E-state index is -0.571. The average Bonchev–Trinajstić information content (AvgIpc) is 2.08. The molecule has 1 rings (SSSR count). The lowest BCUT2D eigenvalue weighted by atomic mass is 10.1. The van der Waals surface area contributed by atoms with Crippen LogP contribution >= 0.6 is 11.8 Å². The van der Waals surface area contributed by atoms with Crippen molar-refractivity contribution in [2.45, 2.75) is 30.3 Å². The molecule has 0 bridgehead atoms. The Balaban J connectivity index is 2.60. The van der Waals surface area contributed by atoms with Crippen molar-refractivity contribution in [3.63, 3.8) is 0 Å². The number of thioether (sulfide) groups is 1. The van der Waals surface area contributed by atoms with E-state index in [1.165, 1.54) is 18.9 Å². The van der Waals surface area contributed by atoms with Crippen LogP contribution in [-0.2, 0) is 14.3 Å². The molecule has 1 aliphatic rings. The van der Waals surface area contributed by atoms with E-state index in [9.17, 15) is 9.59 Å². The summed E-state index contributed by atoms with van der Waals surface area (Å²) in [4.78, 5) is 22.3. The molecule has 3 nitrogen and oxygen atoms in total. The van der Waals surface area contributed by atoms with E-state index in [1.54, 1.807) is 0 Å². The molecule has 0 radical (unpaired) electrons. The summed E-state index contributed by atoms with van der Waals surface area (Å²) in [5, 5.41) is -0.189. The van der Waals surface area contributed by atoms with Crippen molar-refractivity contribution in [3.8, 4) is 0 Å². The van der Waals surface area contributed by atoms with Crippen LogP contribution in [0.5, 0.6) is 0 Å². The topological polar surface area (TPSA) is 43.4 Å². The van der Waals surface area contributed by atoms with Gasteiger partial charge in [0.05, 0.1) is 7.11 Å². The van der Waals surface area contributed by atoms with Gasteiger partial charge >= 0.3 is 5.97 Å². The third-order valence-electron chi connectivity index (χ3n) is 1.87. The lowest BCUT2D eigenvalue weighted by Crippen LogP contribution is -2.33. The molecule has 2 atom stereocenters. The summed E-state index contributed by atoms with van der Waals surface area (Å²) in [7, 11) is 1.31. The van der Waals surface area contributed by atoms with Gasteiger partial charge < -0.3 is 4.74 Å². The molecule has 0 amide bonds. The van der Waals surface area contributed by atoms with E-state index in [1.807, 2.05) is 6.92 Å². The van der Waals surface area contributed by atoms with Gasteiger partial charge in [0.15, 0.2) is 11.0 Å².